The third-order valence-corrected chi connectivity index (χ3v) is 11.5. The fourth-order valence-electron chi connectivity index (χ4n) is 8.38. The van der Waals surface area contributed by atoms with Gasteiger partial charge in [-0.1, -0.05) is 56.3 Å². The number of fused-ring (bicyclic) bond motifs is 1. The molecule has 2 unspecified atom stereocenters. The zero-order chi connectivity index (χ0) is 31.4. The average molecular weight is 629 g/mol. The first-order chi connectivity index (χ1) is 21.8. The van der Waals surface area contributed by atoms with Crippen LogP contribution < -0.4 is 10.2 Å². The summed E-state index contributed by atoms with van der Waals surface area (Å²) in [6.45, 7) is 15.3. The summed E-state index contributed by atoms with van der Waals surface area (Å²) < 4.78 is 1.85. The molecule has 45 heavy (non-hydrogen) atoms. The molecule has 1 aromatic heterocycles. The van der Waals surface area contributed by atoms with Gasteiger partial charge in [-0.15, -0.1) is 0 Å². The minimum absolute atomic E-state index is 0.0774. The van der Waals surface area contributed by atoms with Gasteiger partial charge in [0.25, 0.3) is 0 Å². The molecule has 3 aliphatic rings. The van der Waals surface area contributed by atoms with Crippen molar-refractivity contribution >= 4 is 23.4 Å². The largest absolute Gasteiger partial charge is 0.371 e. The average Bonchev–Trinajstić information content (AvgIpc) is 3.43. The van der Waals surface area contributed by atoms with Crippen LogP contribution in [-0.2, 0) is 23.8 Å². The summed E-state index contributed by atoms with van der Waals surface area (Å²) >= 11 is 1.76. The third-order valence-electron chi connectivity index (χ3n) is 10.5. The van der Waals surface area contributed by atoms with Gasteiger partial charge >= 0.3 is 0 Å². The van der Waals surface area contributed by atoms with Crippen molar-refractivity contribution in [1.82, 2.24) is 24.9 Å². The molecule has 7 nitrogen and oxygen atoms in total. The van der Waals surface area contributed by atoms with E-state index in [0.29, 0.717) is 5.92 Å². The van der Waals surface area contributed by atoms with Gasteiger partial charge in [-0.25, -0.2) is 0 Å². The lowest BCUT2D eigenvalue weighted by Crippen LogP contribution is -2.56. The number of piperidine rings is 1. The highest BCUT2D eigenvalue weighted by atomic mass is 32.2. The number of likely N-dealkylation sites (N-methyl/N-ethyl adjacent to an activating group) is 1. The fourth-order valence-corrected chi connectivity index (χ4v) is 9.23. The normalized spacial score (nSPS) is 22.2. The first kappa shape index (κ1) is 32.1. The molecule has 2 aromatic carbocycles. The quantitative estimate of drug-likeness (QED) is 0.258. The van der Waals surface area contributed by atoms with Crippen LogP contribution in [0.15, 0.2) is 70.7 Å². The number of amides is 1. The lowest BCUT2D eigenvalue weighted by molar-refractivity contribution is -0.120. The Bertz CT molecular complexity index is 1410. The smallest absolute Gasteiger partial charge is 0.217 e. The maximum Gasteiger partial charge on any atom is 0.217 e. The molecule has 6 rings (SSSR count). The van der Waals surface area contributed by atoms with Crippen molar-refractivity contribution in [3.05, 3.63) is 72.1 Å². The van der Waals surface area contributed by atoms with Crippen molar-refractivity contribution < 1.29 is 4.79 Å². The van der Waals surface area contributed by atoms with Gasteiger partial charge < -0.3 is 15.1 Å². The Balaban J connectivity index is 1.07. The van der Waals surface area contributed by atoms with Gasteiger partial charge in [0.2, 0.25) is 5.91 Å². The van der Waals surface area contributed by atoms with Crippen LogP contribution in [0.3, 0.4) is 0 Å². The highest BCUT2D eigenvalue weighted by Crippen LogP contribution is 2.47. The highest BCUT2D eigenvalue weighted by Gasteiger charge is 2.47. The van der Waals surface area contributed by atoms with Crippen LogP contribution in [0.2, 0.25) is 0 Å². The number of likely N-dealkylation sites (tertiary alicyclic amines) is 1. The van der Waals surface area contributed by atoms with E-state index in [1.54, 1.807) is 24.2 Å². The van der Waals surface area contributed by atoms with Gasteiger partial charge in [-0.05, 0) is 86.6 Å². The molecule has 0 radical (unpaired) electrons. The minimum Gasteiger partial charge on any atom is -0.371 e. The van der Waals surface area contributed by atoms with E-state index >= 15 is 0 Å². The number of anilines is 1. The summed E-state index contributed by atoms with van der Waals surface area (Å²) in [4.78, 5) is 22.6. The first-order valence-corrected chi connectivity index (χ1v) is 18.0. The summed E-state index contributed by atoms with van der Waals surface area (Å²) in [7, 11) is 1.96. The Morgan fingerprint density at radius 2 is 1.80 bits per heavy atom. The second-order valence-electron chi connectivity index (χ2n) is 13.8. The number of aryl methyl sites for hydroxylation is 1. The lowest BCUT2D eigenvalue weighted by Gasteiger charge is -2.52. The standard InChI is InChI=1S/C37H52N6OS/c1-5-9-32(39-28(3)44)20-37(27-41(6-2)25-30-10-7-8-11-36(30)37)31-16-18-42(19-17-31)22-29-23-43(24-29)33-12-14-34(15-13-33)45-35-21-38-40(4)26-35/h7-8,10-15,21,26,29,31-32H,5-6,9,16-20,22-25,27H2,1-4H3,(H,39,44). The Morgan fingerprint density at radius 1 is 1.04 bits per heavy atom. The topological polar surface area (TPSA) is 56.6 Å². The summed E-state index contributed by atoms with van der Waals surface area (Å²) in [6.07, 6.45) is 9.61. The number of hydrogen-bond donors (Lipinski definition) is 1. The number of nitrogens with zero attached hydrogens (tertiary/aromatic N) is 5. The zero-order valence-electron chi connectivity index (χ0n) is 27.8. The van der Waals surface area contributed by atoms with Gasteiger partial charge in [-0.2, -0.15) is 5.10 Å². The van der Waals surface area contributed by atoms with E-state index < -0.39 is 0 Å². The number of hydrogen-bond acceptors (Lipinski definition) is 6. The SMILES string of the molecule is CCCC(CC1(C2CCN(CC3CN(c4ccc(Sc5cnn(C)c5)cc4)C3)CC2)CN(CC)Cc2ccccc21)NC(C)=O. The van der Waals surface area contributed by atoms with Crippen molar-refractivity contribution in [2.24, 2.45) is 18.9 Å². The molecule has 0 aliphatic carbocycles. The van der Waals surface area contributed by atoms with Crippen molar-refractivity contribution in [2.45, 2.75) is 80.7 Å². The first-order valence-electron chi connectivity index (χ1n) is 17.2. The van der Waals surface area contributed by atoms with E-state index in [-0.39, 0.29) is 17.4 Å². The third kappa shape index (κ3) is 7.44. The molecular weight excluding hydrogens is 577 g/mol. The molecule has 242 valence electrons. The van der Waals surface area contributed by atoms with Crippen molar-refractivity contribution in [1.29, 1.82) is 0 Å². The van der Waals surface area contributed by atoms with Crippen LogP contribution in [0, 0.1) is 11.8 Å². The van der Waals surface area contributed by atoms with E-state index in [2.05, 4.69) is 93.7 Å². The monoisotopic (exact) mass is 628 g/mol. The molecule has 2 atom stereocenters. The van der Waals surface area contributed by atoms with E-state index in [4.69, 9.17) is 0 Å². The Hall–Kier alpha value is -2.81. The van der Waals surface area contributed by atoms with Crippen LogP contribution >= 0.6 is 11.8 Å². The molecule has 2 fully saturated rings. The van der Waals surface area contributed by atoms with E-state index in [9.17, 15) is 4.79 Å². The molecule has 8 heteroatoms. The van der Waals surface area contributed by atoms with Crippen molar-refractivity contribution in [3.63, 3.8) is 0 Å². The molecule has 1 N–H and O–H groups in total. The van der Waals surface area contributed by atoms with Crippen LogP contribution in [0.25, 0.3) is 0 Å². The Morgan fingerprint density at radius 3 is 2.47 bits per heavy atom. The summed E-state index contributed by atoms with van der Waals surface area (Å²) in [6, 6.07) is 18.5. The van der Waals surface area contributed by atoms with E-state index in [1.807, 2.05) is 17.9 Å². The molecule has 3 aliphatic heterocycles. The van der Waals surface area contributed by atoms with Crippen LogP contribution in [0.4, 0.5) is 5.69 Å². The maximum absolute atomic E-state index is 12.3. The second-order valence-corrected chi connectivity index (χ2v) is 14.9. The Kier molecular flexibility index (Phi) is 10.2. The lowest BCUT2D eigenvalue weighted by atomic mass is 9.60. The number of benzene rings is 2. The van der Waals surface area contributed by atoms with E-state index in [1.165, 1.54) is 53.5 Å². The van der Waals surface area contributed by atoms with Gasteiger partial charge in [0.15, 0.2) is 0 Å². The van der Waals surface area contributed by atoms with E-state index in [0.717, 1.165) is 57.9 Å². The number of carbonyl (C=O) groups excluding carboxylic acids is 1. The number of aromatic nitrogens is 2. The molecule has 0 spiro atoms. The molecule has 0 saturated carbocycles. The molecule has 0 bridgehead atoms. The van der Waals surface area contributed by atoms with Gasteiger partial charge in [0.1, 0.15) is 0 Å². The predicted octanol–water partition coefficient (Wildman–Crippen LogP) is 6.19. The van der Waals surface area contributed by atoms with Crippen LogP contribution in [0.5, 0.6) is 0 Å². The van der Waals surface area contributed by atoms with Gasteiger partial charge in [-0.3, -0.25) is 14.4 Å². The fraction of sp³-hybridized carbons (Fsp3) is 0.568. The Labute approximate surface area is 274 Å². The van der Waals surface area contributed by atoms with Gasteiger partial charge in [0.05, 0.1) is 11.1 Å². The van der Waals surface area contributed by atoms with Crippen molar-refractivity contribution in [2.75, 3.05) is 50.7 Å². The number of carbonyl (C=O) groups is 1. The van der Waals surface area contributed by atoms with Crippen molar-refractivity contribution in [3.8, 4) is 0 Å². The second kappa shape index (κ2) is 14.3. The predicted molar refractivity (Wildman–Crippen MR) is 185 cm³/mol. The summed E-state index contributed by atoms with van der Waals surface area (Å²) in [5.74, 6) is 1.46. The highest BCUT2D eigenvalue weighted by molar-refractivity contribution is 7.99. The minimum atomic E-state index is 0.0774. The zero-order valence-corrected chi connectivity index (χ0v) is 28.6. The number of nitrogens with one attached hydrogen (secondary N) is 1. The van der Waals surface area contributed by atoms with Crippen LogP contribution in [-0.4, -0.2) is 77.3 Å². The molecule has 3 aromatic rings. The molecule has 4 heterocycles. The maximum atomic E-state index is 12.3. The molecule has 1 amide bonds. The van der Waals surface area contributed by atoms with Crippen LogP contribution in [0.1, 0.15) is 64.0 Å². The van der Waals surface area contributed by atoms with Gasteiger partial charge in [0, 0.05) is 80.8 Å². The molecule has 2 saturated heterocycles. The summed E-state index contributed by atoms with van der Waals surface area (Å²) in [5.41, 5.74) is 4.46. The summed E-state index contributed by atoms with van der Waals surface area (Å²) in [5, 5.41) is 7.64. The molecular formula is C37H52N6OS. The number of rotatable bonds is 12.